The topological polar surface area (TPSA) is 73.2 Å². The minimum atomic E-state index is -0.566. The molecule has 1 atom stereocenters. The van der Waals surface area contributed by atoms with Crippen LogP contribution in [-0.4, -0.2) is 73.2 Å². The average Bonchev–Trinajstić information content (AvgIpc) is 2.93. The molecule has 2 aromatic rings. The zero-order valence-corrected chi connectivity index (χ0v) is 19.3. The number of carbonyl (C=O) groups is 1. The van der Waals surface area contributed by atoms with Crippen LogP contribution in [0.5, 0.6) is 5.75 Å². The third kappa shape index (κ3) is 5.24. The van der Waals surface area contributed by atoms with Crippen molar-refractivity contribution in [3.63, 3.8) is 0 Å². The summed E-state index contributed by atoms with van der Waals surface area (Å²) in [5.41, 5.74) is 2.14. The largest absolute Gasteiger partial charge is 0.496 e. The number of fused-ring (bicyclic) bond motifs is 1. The molecule has 1 aliphatic heterocycles. The molecule has 0 amide bonds. The van der Waals surface area contributed by atoms with Crippen LogP contribution in [0.4, 0.5) is 0 Å². The number of esters is 1. The van der Waals surface area contributed by atoms with Gasteiger partial charge in [0.15, 0.2) is 0 Å². The van der Waals surface area contributed by atoms with E-state index in [9.17, 15) is 9.90 Å². The molecular weight excluding hydrogens is 464 g/mol. The maximum absolute atomic E-state index is 12.6. The minimum Gasteiger partial charge on any atom is -0.496 e. The number of nitrogens with zero attached hydrogens (tertiary/aromatic N) is 2. The fraction of sp³-hybridized carbons (Fsp3) is 0.550. The summed E-state index contributed by atoms with van der Waals surface area (Å²) in [6, 6.07) is 3.76. The second-order valence-corrected chi connectivity index (χ2v) is 7.72. The Bertz CT molecular complexity index is 851. The van der Waals surface area contributed by atoms with Gasteiger partial charge in [-0.3, -0.25) is 4.90 Å². The minimum absolute atomic E-state index is 0. The molecule has 1 aliphatic rings. The third-order valence-corrected chi connectivity index (χ3v) is 5.66. The highest BCUT2D eigenvalue weighted by Crippen LogP contribution is 2.35. The summed E-state index contributed by atoms with van der Waals surface area (Å²) in [4.78, 5) is 14.8. The lowest BCUT2D eigenvalue weighted by Gasteiger charge is -2.29. The molecule has 9 heteroatoms. The van der Waals surface area contributed by atoms with Gasteiger partial charge in [0.1, 0.15) is 5.75 Å². The van der Waals surface area contributed by atoms with E-state index in [0.29, 0.717) is 44.2 Å². The van der Waals surface area contributed by atoms with Gasteiger partial charge in [0, 0.05) is 30.7 Å². The molecule has 29 heavy (non-hydrogen) atoms. The lowest BCUT2D eigenvalue weighted by molar-refractivity contribution is 0.0116. The Hall–Kier alpha value is -1.32. The van der Waals surface area contributed by atoms with Gasteiger partial charge >= 0.3 is 5.97 Å². The highest BCUT2D eigenvalue weighted by atomic mass is 79.9. The molecular formula is C20H28BrClN2O5. The van der Waals surface area contributed by atoms with E-state index in [1.54, 1.807) is 14.0 Å². The third-order valence-electron chi connectivity index (χ3n) is 5.04. The van der Waals surface area contributed by atoms with Crippen molar-refractivity contribution >= 4 is 45.2 Å². The second kappa shape index (κ2) is 10.6. The number of hydrogen-bond donors (Lipinski definition) is 1. The Morgan fingerprint density at radius 2 is 2.00 bits per heavy atom. The number of rotatable bonds is 7. The van der Waals surface area contributed by atoms with Crippen molar-refractivity contribution in [3.8, 4) is 5.75 Å². The van der Waals surface area contributed by atoms with Gasteiger partial charge in [-0.25, -0.2) is 4.79 Å². The lowest BCUT2D eigenvalue weighted by atomic mass is 10.1. The number of β-amino-alcohol motifs (C(OH)–C–C–N with tert-alkyl or cyclic N) is 1. The fourth-order valence-electron chi connectivity index (χ4n) is 3.68. The van der Waals surface area contributed by atoms with Gasteiger partial charge in [-0.2, -0.15) is 0 Å². The Balaban J connectivity index is 0.00000300. The fourth-order valence-corrected chi connectivity index (χ4v) is 4.17. The Morgan fingerprint density at radius 3 is 2.62 bits per heavy atom. The monoisotopic (exact) mass is 490 g/mol. The second-order valence-electron chi connectivity index (χ2n) is 6.86. The van der Waals surface area contributed by atoms with Crippen molar-refractivity contribution < 1.29 is 24.1 Å². The Morgan fingerprint density at radius 1 is 1.31 bits per heavy atom. The molecule has 3 rings (SSSR count). The quantitative estimate of drug-likeness (QED) is 0.600. The number of aromatic nitrogens is 1. The molecule has 1 aromatic heterocycles. The molecule has 2 heterocycles. The molecule has 0 spiro atoms. The molecule has 0 bridgehead atoms. The van der Waals surface area contributed by atoms with Crippen LogP contribution in [0.15, 0.2) is 16.6 Å². The number of hydrogen-bond acceptors (Lipinski definition) is 6. The van der Waals surface area contributed by atoms with Crippen LogP contribution in [0.2, 0.25) is 0 Å². The van der Waals surface area contributed by atoms with Crippen molar-refractivity contribution in [2.75, 3.05) is 46.6 Å². The highest BCUT2D eigenvalue weighted by Gasteiger charge is 2.24. The number of carbonyl (C=O) groups excluding carboxylic acids is 1. The van der Waals surface area contributed by atoms with Crippen molar-refractivity contribution in [1.29, 1.82) is 0 Å². The van der Waals surface area contributed by atoms with Crippen LogP contribution in [0.1, 0.15) is 23.0 Å². The van der Waals surface area contributed by atoms with E-state index in [-0.39, 0.29) is 18.4 Å². The van der Waals surface area contributed by atoms with Gasteiger partial charge in [0.05, 0.1) is 55.1 Å². The predicted octanol–water partition coefficient (Wildman–Crippen LogP) is 3.01. The van der Waals surface area contributed by atoms with E-state index in [2.05, 4.69) is 20.8 Å². The number of aliphatic hydroxyl groups excluding tert-OH is 1. The first-order valence-electron chi connectivity index (χ1n) is 9.47. The normalized spacial score (nSPS) is 15.8. The van der Waals surface area contributed by atoms with E-state index in [4.69, 9.17) is 14.2 Å². The molecule has 1 fully saturated rings. The number of aliphatic hydroxyl groups is 1. The summed E-state index contributed by atoms with van der Waals surface area (Å²) in [5, 5.41) is 11.5. The van der Waals surface area contributed by atoms with Gasteiger partial charge in [0.25, 0.3) is 0 Å². The maximum atomic E-state index is 12.6. The SMILES string of the molecule is CCOC(=O)c1c(C)n(CC(O)CN2CCOCC2)c2cc(Br)c(OC)cc12.Cl. The van der Waals surface area contributed by atoms with Crippen molar-refractivity contribution in [2.45, 2.75) is 26.5 Å². The molecule has 1 N–H and O–H groups in total. The van der Waals surface area contributed by atoms with E-state index in [1.165, 1.54) is 0 Å². The predicted molar refractivity (Wildman–Crippen MR) is 117 cm³/mol. The first-order valence-corrected chi connectivity index (χ1v) is 10.3. The van der Waals surface area contributed by atoms with E-state index >= 15 is 0 Å². The van der Waals surface area contributed by atoms with Gasteiger partial charge in [-0.15, -0.1) is 12.4 Å². The molecule has 162 valence electrons. The summed E-state index contributed by atoms with van der Waals surface area (Å²) in [6.07, 6.45) is -0.566. The number of benzene rings is 1. The van der Waals surface area contributed by atoms with Gasteiger partial charge in [0.2, 0.25) is 0 Å². The van der Waals surface area contributed by atoms with Crippen LogP contribution in [-0.2, 0) is 16.0 Å². The zero-order valence-electron chi connectivity index (χ0n) is 16.9. The lowest BCUT2D eigenvalue weighted by Crippen LogP contribution is -2.42. The number of halogens is 2. The summed E-state index contributed by atoms with van der Waals surface area (Å²) in [7, 11) is 1.59. The first-order chi connectivity index (χ1) is 13.5. The van der Waals surface area contributed by atoms with Crippen molar-refractivity contribution in [1.82, 2.24) is 9.47 Å². The summed E-state index contributed by atoms with van der Waals surface area (Å²) in [5.74, 6) is 0.278. The first kappa shape index (κ1) is 24.0. The van der Waals surface area contributed by atoms with Crippen molar-refractivity contribution in [3.05, 3.63) is 27.9 Å². The maximum Gasteiger partial charge on any atom is 0.340 e. The molecule has 1 saturated heterocycles. The number of ether oxygens (including phenoxy) is 3. The van der Waals surface area contributed by atoms with Crippen LogP contribution < -0.4 is 4.74 Å². The standard InChI is InChI=1S/C20H27BrN2O5.ClH/c1-4-28-20(25)19-13(2)23(12-14(24)11-22-5-7-27-8-6-22)17-10-16(21)18(26-3)9-15(17)19;/h9-10,14,24H,4-8,11-12H2,1-3H3;1H. The number of methoxy groups -OCH3 is 1. The van der Waals surface area contributed by atoms with Gasteiger partial charge < -0.3 is 23.9 Å². The van der Waals surface area contributed by atoms with Crippen molar-refractivity contribution in [2.24, 2.45) is 0 Å². The summed E-state index contributed by atoms with van der Waals surface area (Å²) < 4.78 is 18.8. The van der Waals surface area contributed by atoms with E-state index in [0.717, 1.165) is 34.2 Å². The Kier molecular flexibility index (Phi) is 8.78. The number of morpholine rings is 1. The van der Waals surface area contributed by atoms with Crippen LogP contribution in [0, 0.1) is 6.92 Å². The van der Waals surface area contributed by atoms with Gasteiger partial charge in [-0.05, 0) is 41.9 Å². The summed E-state index contributed by atoms with van der Waals surface area (Å²) in [6.45, 7) is 7.95. The van der Waals surface area contributed by atoms with E-state index in [1.807, 2.05) is 23.6 Å². The molecule has 1 unspecified atom stereocenters. The van der Waals surface area contributed by atoms with E-state index < -0.39 is 6.10 Å². The van der Waals surface area contributed by atoms with Gasteiger partial charge in [-0.1, -0.05) is 0 Å². The van der Waals surface area contributed by atoms with Crippen LogP contribution in [0.25, 0.3) is 10.9 Å². The molecule has 1 aromatic carbocycles. The zero-order chi connectivity index (χ0) is 20.3. The summed E-state index contributed by atoms with van der Waals surface area (Å²) >= 11 is 3.52. The smallest absolute Gasteiger partial charge is 0.340 e. The molecule has 0 aliphatic carbocycles. The van der Waals surface area contributed by atoms with Crippen LogP contribution >= 0.6 is 28.3 Å². The van der Waals surface area contributed by atoms with Crippen LogP contribution in [0.3, 0.4) is 0 Å². The average molecular weight is 492 g/mol. The molecule has 0 saturated carbocycles. The highest BCUT2D eigenvalue weighted by molar-refractivity contribution is 9.10. The molecule has 0 radical (unpaired) electrons. The Labute approximate surface area is 185 Å². The molecule has 7 nitrogen and oxygen atoms in total.